The van der Waals surface area contributed by atoms with Gasteiger partial charge < -0.3 is 24.6 Å². The summed E-state index contributed by atoms with van der Waals surface area (Å²) >= 11 is 6.54. The Kier molecular flexibility index (Phi) is 7.28. The monoisotopic (exact) mass is 445 g/mol. The summed E-state index contributed by atoms with van der Waals surface area (Å²) in [7, 11) is 3.01. The van der Waals surface area contributed by atoms with E-state index in [0.29, 0.717) is 54.0 Å². The Morgan fingerprint density at radius 1 is 1.00 bits per heavy atom. The molecular weight excluding hydrogens is 418 g/mol. The molecule has 1 heterocycles. The van der Waals surface area contributed by atoms with Crippen LogP contribution >= 0.6 is 11.6 Å². The van der Waals surface area contributed by atoms with Gasteiger partial charge in [0.25, 0.3) is 5.91 Å². The highest BCUT2D eigenvalue weighted by Gasteiger charge is 2.24. The molecule has 8 heteroatoms. The number of anilines is 2. The lowest BCUT2D eigenvalue weighted by molar-refractivity contribution is -0.134. The number of amides is 2. The van der Waals surface area contributed by atoms with E-state index < -0.39 is 0 Å². The van der Waals surface area contributed by atoms with Crippen LogP contribution in [0, 0.1) is 5.92 Å². The van der Waals surface area contributed by atoms with E-state index in [1.54, 1.807) is 24.3 Å². The molecule has 166 valence electrons. The Morgan fingerprint density at radius 2 is 1.61 bits per heavy atom. The molecule has 1 N–H and O–H groups in total. The minimum Gasteiger partial charge on any atom is -0.496 e. The van der Waals surface area contributed by atoms with Crippen molar-refractivity contribution in [2.75, 3.05) is 50.6 Å². The van der Waals surface area contributed by atoms with Crippen molar-refractivity contribution in [3.63, 3.8) is 0 Å². The third kappa shape index (κ3) is 5.05. The van der Waals surface area contributed by atoms with Gasteiger partial charge in [-0.05, 0) is 30.3 Å². The maximum atomic E-state index is 12.9. The number of ether oxygens (including phenoxy) is 2. The quantitative estimate of drug-likeness (QED) is 0.729. The van der Waals surface area contributed by atoms with E-state index in [4.69, 9.17) is 21.1 Å². The van der Waals surface area contributed by atoms with Crippen LogP contribution in [0.3, 0.4) is 0 Å². The van der Waals surface area contributed by atoms with E-state index in [9.17, 15) is 9.59 Å². The molecule has 3 rings (SSSR count). The van der Waals surface area contributed by atoms with Gasteiger partial charge in [0.05, 0.1) is 24.9 Å². The number of hydrogen-bond acceptors (Lipinski definition) is 5. The van der Waals surface area contributed by atoms with Crippen LogP contribution in [0.25, 0.3) is 0 Å². The number of benzene rings is 2. The van der Waals surface area contributed by atoms with E-state index in [1.165, 1.54) is 14.2 Å². The molecule has 0 saturated carbocycles. The van der Waals surface area contributed by atoms with Crippen molar-refractivity contribution < 1.29 is 19.1 Å². The van der Waals surface area contributed by atoms with Gasteiger partial charge in [0.2, 0.25) is 5.91 Å². The average Bonchev–Trinajstić information content (AvgIpc) is 2.78. The number of halogens is 1. The van der Waals surface area contributed by atoms with Crippen molar-refractivity contribution in [1.82, 2.24) is 4.90 Å². The topological polar surface area (TPSA) is 71.1 Å². The smallest absolute Gasteiger partial charge is 0.263 e. The molecule has 2 aromatic carbocycles. The second-order valence-electron chi connectivity index (χ2n) is 7.62. The Balaban J connectivity index is 1.71. The molecule has 0 unspecified atom stereocenters. The number of carbonyl (C=O) groups excluding carboxylic acids is 2. The first-order valence-corrected chi connectivity index (χ1v) is 10.6. The maximum absolute atomic E-state index is 12.9. The molecule has 2 amide bonds. The standard InChI is InChI=1S/C23H28ClN3O4/c1-15(2)23(29)27-12-10-26(11-13-27)18-9-8-16(14-17(18)24)25-22(28)21-19(30-3)6-5-7-20(21)31-4/h5-9,14-15H,10-13H2,1-4H3,(H,25,28). The molecule has 2 aromatic rings. The largest absolute Gasteiger partial charge is 0.496 e. The fourth-order valence-corrected chi connectivity index (χ4v) is 3.94. The summed E-state index contributed by atoms with van der Waals surface area (Å²) in [4.78, 5) is 29.1. The molecule has 1 fully saturated rings. The third-order valence-electron chi connectivity index (χ3n) is 5.29. The summed E-state index contributed by atoms with van der Waals surface area (Å²) in [5.74, 6) is 0.677. The average molecular weight is 446 g/mol. The molecule has 0 radical (unpaired) electrons. The van der Waals surface area contributed by atoms with Crippen molar-refractivity contribution in [3.8, 4) is 11.5 Å². The summed E-state index contributed by atoms with van der Waals surface area (Å²) in [5.41, 5.74) is 1.77. The molecule has 31 heavy (non-hydrogen) atoms. The minimum absolute atomic E-state index is 0.0000964. The first kappa shape index (κ1) is 22.7. The van der Waals surface area contributed by atoms with Crippen LogP contribution in [0.15, 0.2) is 36.4 Å². The van der Waals surface area contributed by atoms with E-state index >= 15 is 0 Å². The Hall–Kier alpha value is -2.93. The number of methoxy groups -OCH3 is 2. The molecule has 7 nitrogen and oxygen atoms in total. The zero-order valence-electron chi connectivity index (χ0n) is 18.3. The number of nitrogens with zero attached hydrogens (tertiary/aromatic N) is 2. The van der Waals surface area contributed by atoms with Gasteiger partial charge in [-0.15, -0.1) is 0 Å². The Labute approximate surface area is 187 Å². The first-order valence-electron chi connectivity index (χ1n) is 10.2. The normalized spacial score (nSPS) is 13.9. The zero-order valence-corrected chi connectivity index (χ0v) is 19.0. The van der Waals surface area contributed by atoms with Crippen LogP contribution in [0.1, 0.15) is 24.2 Å². The molecule has 0 aromatic heterocycles. The van der Waals surface area contributed by atoms with Crippen LogP contribution in [0.4, 0.5) is 11.4 Å². The molecule has 0 bridgehead atoms. The van der Waals surface area contributed by atoms with Gasteiger partial charge in [-0.1, -0.05) is 31.5 Å². The Morgan fingerprint density at radius 3 is 2.13 bits per heavy atom. The van der Waals surface area contributed by atoms with Gasteiger partial charge in [-0.2, -0.15) is 0 Å². The number of rotatable bonds is 6. The molecule has 0 atom stereocenters. The highest BCUT2D eigenvalue weighted by molar-refractivity contribution is 6.33. The molecule has 1 aliphatic heterocycles. The third-order valence-corrected chi connectivity index (χ3v) is 5.59. The number of hydrogen-bond donors (Lipinski definition) is 1. The number of piperazine rings is 1. The number of carbonyl (C=O) groups is 2. The van der Waals surface area contributed by atoms with Crippen LogP contribution in [0.2, 0.25) is 5.02 Å². The number of nitrogens with one attached hydrogen (secondary N) is 1. The van der Waals surface area contributed by atoms with Crippen LogP contribution < -0.4 is 19.7 Å². The summed E-state index contributed by atoms with van der Waals surface area (Å²) < 4.78 is 10.6. The fraction of sp³-hybridized carbons (Fsp3) is 0.391. The van der Waals surface area contributed by atoms with Crippen molar-refractivity contribution in [1.29, 1.82) is 0 Å². The highest BCUT2D eigenvalue weighted by atomic mass is 35.5. The van der Waals surface area contributed by atoms with Crippen LogP contribution in [0.5, 0.6) is 11.5 Å². The van der Waals surface area contributed by atoms with Gasteiger partial charge in [0.15, 0.2) is 0 Å². The Bertz CT molecular complexity index is 934. The second kappa shape index (κ2) is 9.92. The predicted octanol–water partition coefficient (Wildman–Crippen LogP) is 3.91. The lowest BCUT2D eigenvalue weighted by Gasteiger charge is -2.37. The lowest BCUT2D eigenvalue weighted by atomic mass is 10.1. The summed E-state index contributed by atoms with van der Waals surface area (Å²) in [6.07, 6.45) is 0. The molecule has 0 spiro atoms. The van der Waals surface area contributed by atoms with Gasteiger partial charge in [0, 0.05) is 37.8 Å². The lowest BCUT2D eigenvalue weighted by Crippen LogP contribution is -2.50. The van der Waals surface area contributed by atoms with Crippen molar-refractivity contribution in [3.05, 3.63) is 47.0 Å². The molecule has 1 aliphatic rings. The van der Waals surface area contributed by atoms with E-state index in [2.05, 4.69) is 10.2 Å². The van der Waals surface area contributed by atoms with Crippen molar-refractivity contribution in [2.24, 2.45) is 5.92 Å². The van der Waals surface area contributed by atoms with Crippen LogP contribution in [-0.2, 0) is 4.79 Å². The maximum Gasteiger partial charge on any atom is 0.263 e. The van der Waals surface area contributed by atoms with Crippen molar-refractivity contribution >= 4 is 34.8 Å². The first-order chi connectivity index (χ1) is 14.8. The molecule has 1 saturated heterocycles. The van der Waals surface area contributed by atoms with Crippen LogP contribution in [-0.4, -0.2) is 57.1 Å². The predicted molar refractivity (Wildman–Crippen MR) is 123 cm³/mol. The second-order valence-corrected chi connectivity index (χ2v) is 8.03. The van der Waals surface area contributed by atoms with E-state index in [1.807, 2.05) is 30.9 Å². The SMILES string of the molecule is COc1cccc(OC)c1C(=O)Nc1ccc(N2CCN(C(=O)C(C)C)CC2)c(Cl)c1. The summed E-state index contributed by atoms with van der Waals surface area (Å²) in [6.45, 7) is 6.59. The van der Waals surface area contributed by atoms with E-state index in [-0.39, 0.29) is 17.7 Å². The van der Waals surface area contributed by atoms with Gasteiger partial charge >= 0.3 is 0 Å². The molecular formula is C23H28ClN3O4. The summed E-state index contributed by atoms with van der Waals surface area (Å²) in [6, 6.07) is 10.6. The van der Waals surface area contributed by atoms with Gasteiger partial charge in [0.1, 0.15) is 17.1 Å². The zero-order chi connectivity index (χ0) is 22.5. The van der Waals surface area contributed by atoms with Gasteiger partial charge in [-0.25, -0.2) is 0 Å². The minimum atomic E-state index is -0.348. The van der Waals surface area contributed by atoms with E-state index in [0.717, 1.165) is 5.69 Å². The molecule has 0 aliphatic carbocycles. The summed E-state index contributed by atoms with van der Waals surface area (Å²) in [5, 5.41) is 3.39. The fourth-order valence-electron chi connectivity index (χ4n) is 3.64. The van der Waals surface area contributed by atoms with Gasteiger partial charge in [-0.3, -0.25) is 9.59 Å². The highest BCUT2D eigenvalue weighted by Crippen LogP contribution is 2.32. The van der Waals surface area contributed by atoms with Crippen molar-refractivity contribution in [2.45, 2.75) is 13.8 Å².